The summed E-state index contributed by atoms with van der Waals surface area (Å²) < 4.78 is 54.4. The number of amides is 2. The van der Waals surface area contributed by atoms with Crippen molar-refractivity contribution in [1.82, 2.24) is 15.2 Å². The molecule has 1 aromatic heterocycles. The molecule has 13 heteroatoms. The quantitative estimate of drug-likeness (QED) is 0.300. The van der Waals surface area contributed by atoms with Crippen molar-refractivity contribution in [2.24, 2.45) is 10.9 Å². The highest BCUT2D eigenvalue weighted by molar-refractivity contribution is 6.03. The summed E-state index contributed by atoms with van der Waals surface area (Å²) in [6, 6.07) is 12.3. The van der Waals surface area contributed by atoms with Gasteiger partial charge in [-0.3, -0.25) is 14.7 Å². The lowest BCUT2D eigenvalue weighted by Crippen LogP contribution is -2.36. The van der Waals surface area contributed by atoms with Gasteiger partial charge in [0.05, 0.1) is 31.3 Å². The van der Waals surface area contributed by atoms with Gasteiger partial charge < -0.3 is 19.2 Å². The lowest BCUT2D eigenvalue weighted by Gasteiger charge is -2.25. The highest BCUT2D eigenvalue weighted by Crippen LogP contribution is 2.34. The van der Waals surface area contributed by atoms with Gasteiger partial charge in [0.25, 0.3) is 5.91 Å². The largest absolute Gasteiger partial charge is 0.572 e. The van der Waals surface area contributed by atoms with Gasteiger partial charge in [-0.1, -0.05) is 32.1 Å². The number of rotatable bonds is 7. The van der Waals surface area contributed by atoms with E-state index in [1.807, 2.05) is 13.8 Å². The molecule has 1 fully saturated rings. The molecule has 1 aliphatic carbocycles. The molecule has 6 rings (SSSR count). The zero-order chi connectivity index (χ0) is 33.3. The number of nitrogens with zero attached hydrogens (tertiary/aromatic N) is 4. The molecule has 0 radical (unpaired) electrons. The smallest absolute Gasteiger partial charge is 0.442 e. The predicted molar refractivity (Wildman–Crippen MR) is 165 cm³/mol. The van der Waals surface area contributed by atoms with Gasteiger partial charge in [0.2, 0.25) is 5.89 Å². The second-order valence-corrected chi connectivity index (χ2v) is 11.6. The first-order valence-corrected chi connectivity index (χ1v) is 15.1. The van der Waals surface area contributed by atoms with Crippen molar-refractivity contribution in [3.8, 4) is 17.5 Å². The molecule has 1 saturated heterocycles. The minimum Gasteiger partial charge on any atom is -0.442 e. The molecule has 2 aliphatic heterocycles. The fourth-order valence-corrected chi connectivity index (χ4v) is 5.69. The molecule has 3 heterocycles. The summed E-state index contributed by atoms with van der Waals surface area (Å²) in [7, 11) is 0. The Morgan fingerprint density at radius 3 is 2.68 bits per heavy atom. The number of fused-ring (bicyclic) bond motifs is 1. The number of halogens is 3. The molecule has 47 heavy (non-hydrogen) atoms. The number of aromatic nitrogens is 1. The number of benzene rings is 2. The molecule has 3 aliphatic rings. The van der Waals surface area contributed by atoms with Crippen LogP contribution in [0.1, 0.15) is 54.1 Å². The maximum Gasteiger partial charge on any atom is 0.572 e. The van der Waals surface area contributed by atoms with Crippen molar-refractivity contribution < 1.29 is 36.7 Å². The number of dihydropyridines is 1. The van der Waals surface area contributed by atoms with Crippen molar-refractivity contribution in [3.63, 3.8) is 0 Å². The minimum atomic E-state index is -4.78. The molecule has 0 saturated carbocycles. The van der Waals surface area contributed by atoms with Crippen LogP contribution in [0.25, 0.3) is 22.6 Å². The second kappa shape index (κ2) is 12.8. The molecule has 1 unspecified atom stereocenters. The van der Waals surface area contributed by atoms with E-state index in [1.54, 1.807) is 60.7 Å². The summed E-state index contributed by atoms with van der Waals surface area (Å²) >= 11 is 0. The Balaban J connectivity index is 1.05. The number of aliphatic imine (C=N–C) groups is 1. The van der Waals surface area contributed by atoms with Crippen LogP contribution in [0.4, 0.5) is 18.0 Å². The third-order valence-corrected chi connectivity index (χ3v) is 8.03. The van der Waals surface area contributed by atoms with E-state index in [9.17, 15) is 28.0 Å². The number of allylic oxidation sites excluding steroid dienone is 3. The van der Waals surface area contributed by atoms with Gasteiger partial charge in [-0.2, -0.15) is 5.26 Å². The Bertz CT molecular complexity index is 1880. The van der Waals surface area contributed by atoms with Gasteiger partial charge >= 0.3 is 12.5 Å². The number of ether oxygens (including phenoxy) is 2. The number of nitriles is 1. The second-order valence-electron chi connectivity index (χ2n) is 11.6. The number of hydrogen-bond donors (Lipinski definition) is 1. The van der Waals surface area contributed by atoms with E-state index in [2.05, 4.69) is 26.1 Å². The molecule has 2 amide bonds. The van der Waals surface area contributed by atoms with Crippen molar-refractivity contribution in [3.05, 3.63) is 88.7 Å². The summed E-state index contributed by atoms with van der Waals surface area (Å²) in [5, 5.41) is 12.2. The molecule has 242 valence electrons. The van der Waals surface area contributed by atoms with Gasteiger partial charge in [0.15, 0.2) is 5.58 Å². The van der Waals surface area contributed by atoms with Crippen LogP contribution in [0.2, 0.25) is 0 Å². The molecule has 2 atom stereocenters. The minimum absolute atomic E-state index is 0.0581. The Morgan fingerprint density at radius 1 is 1.21 bits per heavy atom. The van der Waals surface area contributed by atoms with Gasteiger partial charge in [-0.25, -0.2) is 9.78 Å². The normalized spacial score (nSPS) is 19.6. The van der Waals surface area contributed by atoms with E-state index in [1.165, 1.54) is 4.90 Å². The number of carbonyl (C=O) groups is 2. The zero-order valence-electron chi connectivity index (χ0n) is 25.5. The number of amidine groups is 1. The van der Waals surface area contributed by atoms with Crippen LogP contribution in [0.3, 0.4) is 0 Å². The number of oxazole rings is 1. The monoisotopic (exact) mass is 645 g/mol. The highest BCUT2D eigenvalue weighted by Gasteiger charge is 2.36. The van der Waals surface area contributed by atoms with Crippen molar-refractivity contribution in [2.75, 3.05) is 19.6 Å². The molecular weight excluding hydrogens is 615 g/mol. The van der Waals surface area contributed by atoms with Crippen molar-refractivity contribution >= 4 is 28.9 Å². The van der Waals surface area contributed by atoms with Crippen LogP contribution in [0, 0.1) is 17.2 Å². The first-order valence-electron chi connectivity index (χ1n) is 15.1. The third-order valence-electron chi connectivity index (χ3n) is 8.03. The Morgan fingerprint density at radius 2 is 2.00 bits per heavy atom. The van der Waals surface area contributed by atoms with Crippen LogP contribution in [-0.4, -0.2) is 59.8 Å². The average molecular weight is 646 g/mol. The summed E-state index contributed by atoms with van der Waals surface area (Å²) in [5.74, 6) is -0.0883. The molecule has 0 bridgehead atoms. The van der Waals surface area contributed by atoms with Crippen LogP contribution >= 0.6 is 0 Å². The van der Waals surface area contributed by atoms with Crippen LogP contribution in [0.15, 0.2) is 81.4 Å². The number of carbonyl (C=O) groups excluding carboxylic acids is 2. The highest BCUT2D eigenvalue weighted by atomic mass is 19.4. The van der Waals surface area contributed by atoms with E-state index in [0.29, 0.717) is 51.5 Å². The average Bonchev–Trinajstić information content (AvgIpc) is 3.66. The number of alkyl halides is 3. The fourth-order valence-electron chi connectivity index (χ4n) is 5.69. The molecule has 2 aromatic carbocycles. The lowest BCUT2D eigenvalue weighted by molar-refractivity contribution is -0.307. The SMILES string of the molecule is CC(C)c1cc(C#N)cc2nc(-c3ccc(C(=O)NC[C@H]4CN(C5=NCC(C6=C(OC(F)(F)F)CCC=C6)C=C5)C(=O)O4)cc3)oc12. The number of hydrogen-bond acceptors (Lipinski definition) is 8. The van der Waals surface area contributed by atoms with E-state index in [0.717, 1.165) is 5.56 Å². The Kier molecular flexibility index (Phi) is 8.60. The van der Waals surface area contributed by atoms with Crippen LogP contribution in [0.5, 0.6) is 0 Å². The summed E-state index contributed by atoms with van der Waals surface area (Å²) in [6.45, 7) is 4.36. The first-order chi connectivity index (χ1) is 22.5. The van der Waals surface area contributed by atoms with Gasteiger partial charge in [0.1, 0.15) is 23.2 Å². The number of nitrogens with one attached hydrogen (secondary N) is 1. The molecule has 1 N–H and O–H groups in total. The Hall–Kier alpha value is -5.38. The molecule has 3 aromatic rings. The zero-order valence-corrected chi connectivity index (χ0v) is 25.5. The molecular formula is C34H30F3N5O5. The summed E-state index contributed by atoms with van der Waals surface area (Å²) in [5.41, 5.74) is 4.05. The summed E-state index contributed by atoms with van der Waals surface area (Å²) in [6.07, 6.45) is 1.26. The lowest BCUT2D eigenvalue weighted by atomic mass is 9.91. The first kappa shape index (κ1) is 31.6. The van der Waals surface area contributed by atoms with E-state index in [-0.39, 0.29) is 43.6 Å². The van der Waals surface area contributed by atoms with E-state index >= 15 is 0 Å². The maximum absolute atomic E-state index is 12.9. The fraction of sp³-hybridized carbons (Fsp3) is 0.324. The van der Waals surface area contributed by atoms with E-state index in [4.69, 9.17) is 9.15 Å². The summed E-state index contributed by atoms with van der Waals surface area (Å²) in [4.78, 5) is 35.8. The van der Waals surface area contributed by atoms with Gasteiger partial charge in [-0.05, 0) is 60.4 Å². The predicted octanol–water partition coefficient (Wildman–Crippen LogP) is 6.77. The standard InChI is InChI=1S/C34H30F3N5O5/c1-19(2)26-13-20(15-38)14-27-30(26)46-32(41-27)22-9-7-21(8-10-22)31(43)40-17-24-18-42(33(44)45-24)29-12-11-23(16-39-29)25-5-3-4-6-28(25)47-34(35,36)37/h3,5,7-14,19,23-24H,4,6,16-18H2,1-2H3,(H,40,43)/t23?,24-/m0/s1. The van der Waals surface area contributed by atoms with Crippen LogP contribution in [-0.2, 0) is 9.47 Å². The molecule has 10 nitrogen and oxygen atoms in total. The maximum atomic E-state index is 12.9. The third kappa shape index (κ3) is 6.91. The van der Waals surface area contributed by atoms with Gasteiger partial charge in [0, 0.05) is 29.0 Å². The Labute approximate surface area is 267 Å². The van der Waals surface area contributed by atoms with Crippen molar-refractivity contribution in [2.45, 2.75) is 45.1 Å². The van der Waals surface area contributed by atoms with Crippen LogP contribution < -0.4 is 5.32 Å². The molecule has 0 spiro atoms. The topological polar surface area (TPSA) is 130 Å². The van der Waals surface area contributed by atoms with E-state index < -0.39 is 24.5 Å². The van der Waals surface area contributed by atoms with Crippen molar-refractivity contribution in [1.29, 1.82) is 5.26 Å². The number of cyclic esters (lactones) is 1. The van der Waals surface area contributed by atoms with Gasteiger partial charge in [-0.15, -0.1) is 13.2 Å².